The molecule has 8 heteroatoms. The van der Waals surface area contributed by atoms with Gasteiger partial charge in [-0.25, -0.2) is 9.78 Å². The van der Waals surface area contributed by atoms with E-state index in [1.54, 1.807) is 29.2 Å². The summed E-state index contributed by atoms with van der Waals surface area (Å²) in [5.74, 6) is -0.0120. The number of hydrogen-bond acceptors (Lipinski definition) is 4. The lowest BCUT2D eigenvalue weighted by molar-refractivity contribution is -0.125. The van der Waals surface area contributed by atoms with Crippen molar-refractivity contribution in [1.82, 2.24) is 25.1 Å². The largest absolute Gasteiger partial charge is 0.337 e. The SMILES string of the molecule is CSc1ccc(C2NC(=O)NC3=C2C(=O)N(CCCn2ccnc2)C3)cc1. The molecule has 0 bridgehead atoms. The molecule has 2 aliphatic rings. The van der Waals surface area contributed by atoms with E-state index in [0.29, 0.717) is 24.4 Å². The van der Waals surface area contributed by atoms with Crippen LogP contribution in [0, 0.1) is 0 Å². The summed E-state index contributed by atoms with van der Waals surface area (Å²) in [5, 5.41) is 5.71. The highest BCUT2D eigenvalue weighted by atomic mass is 32.2. The highest BCUT2D eigenvalue weighted by molar-refractivity contribution is 7.98. The Kier molecular flexibility index (Phi) is 4.89. The van der Waals surface area contributed by atoms with Crippen molar-refractivity contribution in [2.24, 2.45) is 0 Å². The number of nitrogens with zero attached hydrogens (tertiary/aromatic N) is 3. The third kappa shape index (κ3) is 3.57. The normalized spacial score (nSPS) is 19.1. The van der Waals surface area contributed by atoms with E-state index >= 15 is 0 Å². The first kappa shape index (κ1) is 17.7. The lowest BCUT2D eigenvalue weighted by atomic mass is 9.96. The summed E-state index contributed by atoms with van der Waals surface area (Å²) in [6.07, 6.45) is 8.28. The molecule has 1 aromatic heterocycles. The third-order valence-corrected chi connectivity index (χ3v) is 5.62. The van der Waals surface area contributed by atoms with Crippen LogP contribution in [-0.4, -0.2) is 45.7 Å². The van der Waals surface area contributed by atoms with Crippen LogP contribution in [0.2, 0.25) is 0 Å². The smallest absolute Gasteiger partial charge is 0.319 e. The number of thioether (sulfide) groups is 1. The molecular weight excluding hydrogens is 362 g/mol. The second-order valence-corrected chi connectivity index (χ2v) is 7.46. The van der Waals surface area contributed by atoms with E-state index in [1.165, 1.54) is 0 Å². The molecule has 0 saturated heterocycles. The highest BCUT2D eigenvalue weighted by Crippen LogP contribution is 2.33. The Labute approximate surface area is 161 Å². The molecule has 2 N–H and O–H groups in total. The average molecular weight is 383 g/mol. The third-order valence-electron chi connectivity index (χ3n) is 4.87. The number of aryl methyl sites for hydroxylation is 1. The van der Waals surface area contributed by atoms with Gasteiger partial charge in [0, 0.05) is 30.4 Å². The summed E-state index contributed by atoms with van der Waals surface area (Å²) in [6, 6.07) is 7.30. The van der Waals surface area contributed by atoms with Crippen LogP contribution < -0.4 is 10.6 Å². The Morgan fingerprint density at radius 3 is 2.74 bits per heavy atom. The highest BCUT2D eigenvalue weighted by Gasteiger charge is 2.40. The molecule has 7 nitrogen and oxygen atoms in total. The summed E-state index contributed by atoms with van der Waals surface area (Å²) >= 11 is 1.66. The van der Waals surface area contributed by atoms with Crippen LogP contribution in [0.1, 0.15) is 18.0 Å². The molecular formula is C19H21N5O2S. The predicted molar refractivity (Wildman–Crippen MR) is 103 cm³/mol. The summed E-state index contributed by atoms with van der Waals surface area (Å²) in [5.41, 5.74) is 2.28. The predicted octanol–water partition coefficient (Wildman–Crippen LogP) is 2.15. The van der Waals surface area contributed by atoms with Crippen molar-refractivity contribution in [1.29, 1.82) is 0 Å². The first-order valence-corrected chi connectivity index (χ1v) is 10.1. The maximum Gasteiger partial charge on any atom is 0.319 e. The molecule has 1 aromatic carbocycles. The van der Waals surface area contributed by atoms with Gasteiger partial charge in [-0.05, 0) is 30.4 Å². The van der Waals surface area contributed by atoms with Gasteiger partial charge >= 0.3 is 6.03 Å². The fourth-order valence-electron chi connectivity index (χ4n) is 3.52. The van der Waals surface area contributed by atoms with E-state index < -0.39 is 6.04 Å². The van der Waals surface area contributed by atoms with Gasteiger partial charge < -0.3 is 20.1 Å². The van der Waals surface area contributed by atoms with Crippen molar-refractivity contribution in [2.45, 2.75) is 23.9 Å². The van der Waals surface area contributed by atoms with Gasteiger partial charge in [0.2, 0.25) is 0 Å². The zero-order valence-electron chi connectivity index (χ0n) is 15.0. The van der Waals surface area contributed by atoms with Crippen LogP contribution in [0.25, 0.3) is 0 Å². The number of carbonyl (C=O) groups is 2. The maximum atomic E-state index is 13.0. The topological polar surface area (TPSA) is 79.3 Å². The van der Waals surface area contributed by atoms with Gasteiger partial charge in [-0.2, -0.15) is 0 Å². The molecule has 2 aliphatic heterocycles. The van der Waals surface area contributed by atoms with Gasteiger partial charge in [0.1, 0.15) is 0 Å². The summed E-state index contributed by atoms with van der Waals surface area (Å²) in [4.78, 5) is 32.1. The Balaban J connectivity index is 1.49. The van der Waals surface area contributed by atoms with E-state index in [-0.39, 0.29) is 11.9 Å². The number of amides is 3. The first-order chi connectivity index (χ1) is 13.2. The monoisotopic (exact) mass is 383 g/mol. The van der Waals surface area contributed by atoms with Gasteiger partial charge in [0.05, 0.1) is 30.2 Å². The molecule has 140 valence electrons. The maximum absolute atomic E-state index is 13.0. The molecule has 0 aliphatic carbocycles. The molecule has 0 fully saturated rings. The van der Waals surface area contributed by atoms with E-state index in [0.717, 1.165) is 23.4 Å². The minimum Gasteiger partial charge on any atom is -0.337 e. The van der Waals surface area contributed by atoms with E-state index in [9.17, 15) is 9.59 Å². The number of hydrogen-bond donors (Lipinski definition) is 2. The quantitative estimate of drug-likeness (QED) is 0.749. The number of rotatable bonds is 6. The molecule has 3 heterocycles. The molecule has 1 unspecified atom stereocenters. The Bertz CT molecular complexity index is 876. The molecule has 0 spiro atoms. The number of nitrogens with one attached hydrogen (secondary N) is 2. The van der Waals surface area contributed by atoms with Crippen LogP contribution in [-0.2, 0) is 11.3 Å². The zero-order chi connectivity index (χ0) is 18.8. The number of carbonyl (C=O) groups excluding carboxylic acids is 2. The molecule has 27 heavy (non-hydrogen) atoms. The van der Waals surface area contributed by atoms with Crippen molar-refractivity contribution < 1.29 is 9.59 Å². The van der Waals surface area contributed by atoms with Crippen LogP contribution in [0.4, 0.5) is 4.79 Å². The number of aromatic nitrogens is 2. The Morgan fingerprint density at radius 1 is 1.22 bits per heavy atom. The molecule has 1 atom stereocenters. The van der Waals surface area contributed by atoms with Crippen LogP contribution in [0.15, 0.2) is 59.2 Å². The van der Waals surface area contributed by atoms with Gasteiger partial charge in [-0.15, -0.1) is 11.8 Å². The van der Waals surface area contributed by atoms with E-state index in [1.807, 2.05) is 41.3 Å². The lowest BCUT2D eigenvalue weighted by Crippen LogP contribution is -2.44. The number of imidazole rings is 1. The fraction of sp³-hybridized carbons (Fsp3) is 0.316. The van der Waals surface area contributed by atoms with Crippen molar-refractivity contribution in [2.75, 3.05) is 19.3 Å². The van der Waals surface area contributed by atoms with E-state index in [4.69, 9.17) is 0 Å². The minimum absolute atomic E-state index is 0.0120. The molecule has 4 rings (SSSR count). The summed E-state index contributed by atoms with van der Waals surface area (Å²) < 4.78 is 1.99. The van der Waals surface area contributed by atoms with Gasteiger partial charge in [-0.1, -0.05) is 12.1 Å². The van der Waals surface area contributed by atoms with Gasteiger partial charge in [0.15, 0.2) is 0 Å². The van der Waals surface area contributed by atoms with E-state index in [2.05, 4.69) is 15.6 Å². The minimum atomic E-state index is -0.407. The average Bonchev–Trinajstić information content (AvgIpc) is 3.30. The summed E-state index contributed by atoms with van der Waals surface area (Å²) in [6.45, 7) is 1.89. The summed E-state index contributed by atoms with van der Waals surface area (Å²) in [7, 11) is 0. The molecule has 2 aromatic rings. The zero-order valence-corrected chi connectivity index (χ0v) is 15.8. The van der Waals surface area contributed by atoms with Crippen molar-refractivity contribution in [3.8, 4) is 0 Å². The van der Waals surface area contributed by atoms with Crippen molar-refractivity contribution in [3.05, 3.63) is 59.8 Å². The molecule has 0 saturated carbocycles. The van der Waals surface area contributed by atoms with Crippen LogP contribution in [0.5, 0.6) is 0 Å². The van der Waals surface area contributed by atoms with Gasteiger partial charge in [-0.3, -0.25) is 4.79 Å². The Morgan fingerprint density at radius 2 is 2.04 bits per heavy atom. The molecule has 3 amide bonds. The first-order valence-electron chi connectivity index (χ1n) is 8.85. The number of urea groups is 1. The number of benzene rings is 1. The second kappa shape index (κ2) is 7.48. The lowest BCUT2D eigenvalue weighted by Gasteiger charge is -2.25. The standard InChI is InChI=1S/C19H21N5O2S/c1-27-14-5-3-13(4-6-14)17-16-15(21-19(26)22-17)11-24(18(16)25)9-2-8-23-10-7-20-12-23/h3-7,10,12,17H,2,8-9,11H2,1H3,(H2,21,22,26). The second-order valence-electron chi connectivity index (χ2n) is 6.58. The van der Waals surface area contributed by atoms with Crippen molar-refractivity contribution >= 4 is 23.7 Å². The van der Waals surface area contributed by atoms with Crippen LogP contribution in [0.3, 0.4) is 0 Å². The van der Waals surface area contributed by atoms with Crippen molar-refractivity contribution in [3.63, 3.8) is 0 Å². The Hall–Kier alpha value is -2.74. The molecule has 0 radical (unpaired) electrons. The fourth-order valence-corrected chi connectivity index (χ4v) is 3.93. The van der Waals surface area contributed by atoms with Crippen LogP contribution >= 0.6 is 11.8 Å². The van der Waals surface area contributed by atoms with Gasteiger partial charge in [0.25, 0.3) is 5.91 Å².